The number of nitrogens with one attached hydrogen (secondary N) is 1. The van der Waals surface area contributed by atoms with E-state index >= 15 is 0 Å². The molecule has 41 heavy (non-hydrogen) atoms. The summed E-state index contributed by atoms with van der Waals surface area (Å²) >= 11 is 3.45. The Morgan fingerprint density at radius 3 is 2.27 bits per heavy atom. The highest BCUT2D eigenvalue weighted by Crippen LogP contribution is 2.26. The minimum absolute atomic E-state index is 0.0829. The van der Waals surface area contributed by atoms with Crippen LogP contribution >= 0.6 is 15.9 Å². The van der Waals surface area contributed by atoms with E-state index in [4.69, 9.17) is 4.74 Å². The van der Waals surface area contributed by atoms with E-state index < -0.39 is 28.5 Å². The van der Waals surface area contributed by atoms with Crippen molar-refractivity contribution in [2.24, 2.45) is 5.92 Å². The molecular weight excluding hydrogens is 606 g/mol. The Kier molecular flexibility index (Phi) is 11.4. The predicted molar refractivity (Wildman–Crippen MR) is 166 cm³/mol. The summed E-state index contributed by atoms with van der Waals surface area (Å²) < 4.78 is 33.2. The predicted octanol–water partition coefficient (Wildman–Crippen LogP) is 4.94. The van der Waals surface area contributed by atoms with Crippen LogP contribution in [0.2, 0.25) is 0 Å². The van der Waals surface area contributed by atoms with Gasteiger partial charge in [0.25, 0.3) is 0 Å². The summed E-state index contributed by atoms with van der Waals surface area (Å²) in [6.07, 6.45) is 1.33. The van der Waals surface area contributed by atoms with Crippen LogP contribution in [0.4, 0.5) is 5.69 Å². The van der Waals surface area contributed by atoms with E-state index in [9.17, 15) is 18.0 Å². The fraction of sp³-hybridized carbons (Fsp3) is 0.355. The third kappa shape index (κ3) is 9.33. The van der Waals surface area contributed by atoms with E-state index in [0.717, 1.165) is 31.7 Å². The average molecular weight is 645 g/mol. The fourth-order valence-corrected chi connectivity index (χ4v) is 5.43. The SMILES string of the molecule is COc1cccc(CN(C(=O)CN(c2ccc(Br)c(C)c2)S(C)(=O)=O)[C@@H](Cc2ccccc2)C(=O)NCC(C)C)c1. The smallest absolute Gasteiger partial charge is 0.244 e. The number of nitrogens with zero attached hydrogens (tertiary/aromatic N) is 2. The van der Waals surface area contributed by atoms with E-state index in [0.29, 0.717) is 18.0 Å². The molecule has 0 spiro atoms. The topological polar surface area (TPSA) is 96.0 Å². The Bertz CT molecular complexity index is 1450. The van der Waals surface area contributed by atoms with Crippen LogP contribution < -0.4 is 14.4 Å². The lowest BCUT2D eigenvalue weighted by Gasteiger charge is -2.33. The largest absolute Gasteiger partial charge is 0.497 e. The molecule has 0 saturated heterocycles. The number of carbonyl (C=O) groups excluding carboxylic acids is 2. The van der Waals surface area contributed by atoms with E-state index in [1.807, 2.05) is 63.2 Å². The van der Waals surface area contributed by atoms with Crippen molar-refractivity contribution < 1.29 is 22.7 Å². The Labute approximate surface area is 251 Å². The standard InChI is InChI=1S/C31H38BrN3O5S/c1-22(2)19-33-31(37)29(18-24-10-7-6-8-11-24)34(20-25-12-9-13-27(17-25)40-4)30(36)21-35(41(5,38)39)26-14-15-28(32)23(3)16-26/h6-17,22,29H,18-21H2,1-5H3,(H,33,37)/t29-/m0/s1. The summed E-state index contributed by atoms with van der Waals surface area (Å²) in [4.78, 5) is 29.3. The first-order valence-electron chi connectivity index (χ1n) is 13.4. The third-order valence-electron chi connectivity index (χ3n) is 6.55. The summed E-state index contributed by atoms with van der Waals surface area (Å²) in [5, 5.41) is 2.98. The highest BCUT2D eigenvalue weighted by molar-refractivity contribution is 9.10. The number of hydrogen-bond donors (Lipinski definition) is 1. The molecule has 2 amide bonds. The number of sulfonamides is 1. The number of carbonyl (C=O) groups is 2. The number of halogens is 1. The van der Waals surface area contributed by atoms with Crippen LogP contribution in [0.3, 0.4) is 0 Å². The number of methoxy groups -OCH3 is 1. The Balaban J connectivity index is 2.07. The second-order valence-electron chi connectivity index (χ2n) is 10.4. The lowest BCUT2D eigenvalue weighted by atomic mass is 10.0. The van der Waals surface area contributed by atoms with Crippen molar-refractivity contribution in [2.75, 3.05) is 30.8 Å². The van der Waals surface area contributed by atoms with E-state index in [1.165, 1.54) is 4.90 Å². The molecule has 1 N–H and O–H groups in total. The van der Waals surface area contributed by atoms with Gasteiger partial charge in [0, 0.05) is 24.0 Å². The summed E-state index contributed by atoms with van der Waals surface area (Å²) in [6, 6.07) is 21.0. The minimum Gasteiger partial charge on any atom is -0.497 e. The van der Waals surface area contributed by atoms with Crippen LogP contribution in [0.15, 0.2) is 77.3 Å². The molecule has 0 radical (unpaired) electrons. The van der Waals surface area contributed by atoms with Crippen molar-refractivity contribution >= 4 is 43.5 Å². The molecular formula is C31H38BrN3O5S. The molecule has 0 aliphatic heterocycles. The van der Waals surface area contributed by atoms with E-state index in [2.05, 4.69) is 21.2 Å². The first-order valence-corrected chi connectivity index (χ1v) is 16.0. The fourth-order valence-electron chi connectivity index (χ4n) is 4.34. The second-order valence-corrected chi connectivity index (χ2v) is 13.2. The zero-order valence-corrected chi connectivity index (χ0v) is 26.5. The maximum absolute atomic E-state index is 14.2. The summed E-state index contributed by atoms with van der Waals surface area (Å²) in [7, 11) is -2.28. The van der Waals surface area contributed by atoms with Gasteiger partial charge < -0.3 is 15.0 Å². The molecule has 3 aromatic rings. The quantitative estimate of drug-likeness (QED) is 0.285. The number of hydrogen-bond acceptors (Lipinski definition) is 5. The molecule has 3 aromatic carbocycles. The number of aryl methyl sites for hydroxylation is 1. The number of ether oxygens (including phenoxy) is 1. The summed E-state index contributed by atoms with van der Waals surface area (Å²) in [6.45, 7) is 5.90. The van der Waals surface area contributed by atoms with E-state index in [-0.39, 0.29) is 24.8 Å². The van der Waals surface area contributed by atoms with Crippen molar-refractivity contribution in [3.05, 3.63) is 94.0 Å². The Morgan fingerprint density at radius 1 is 0.976 bits per heavy atom. The van der Waals surface area contributed by atoms with Crippen LogP contribution in [-0.2, 0) is 32.6 Å². The lowest BCUT2D eigenvalue weighted by Crippen LogP contribution is -2.53. The Morgan fingerprint density at radius 2 is 1.66 bits per heavy atom. The van der Waals surface area contributed by atoms with Crippen LogP contribution in [0, 0.1) is 12.8 Å². The zero-order valence-electron chi connectivity index (χ0n) is 24.1. The number of anilines is 1. The van der Waals surface area contributed by atoms with Gasteiger partial charge in [0.15, 0.2) is 0 Å². The van der Waals surface area contributed by atoms with Gasteiger partial charge in [-0.1, -0.05) is 72.2 Å². The van der Waals surface area contributed by atoms with Crippen molar-refractivity contribution in [3.63, 3.8) is 0 Å². The van der Waals surface area contributed by atoms with Crippen LogP contribution in [0.5, 0.6) is 5.75 Å². The third-order valence-corrected chi connectivity index (χ3v) is 8.58. The molecule has 0 aliphatic rings. The second kappa shape index (κ2) is 14.5. The monoisotopic (exact) mass is 643 g/mol. The highest BCUT2D eigenvalue weighted by atomic mass is 79.9. The lowest BCUT2D eigenvalue weighted by molar-refractivity contribution is -0.140. The molecule has 0 bridgehead atoms. The summed E-state index contributed by atoms with van der Waals surface area (Å²) in [5.41, 5.74) is 2.82. The van der Waals surface area contributed by atoms with Gasteiger partial charge in [-0.15, -0.1) is 0 Å². The molecule has 0 fully saturated rings. The van der Waals surface area contributed by atoms with Gasteiger partial charge in [0.1, 0.15) is 18.3 Å². The van der Waals surface area contributed by atoms with Crippen molar-refractivity contribution in [3.8, 4) is 5.75 Å². The summed E-state index contributed by atoms with van der Waals surface area (Å²) in [5.74, 6) is 0.0192. The first kappa shape index (κ1) is 32.1. The molecule has 3 rings (SSSR count). The molecule has 0 unspecified atom stereocenters. The van der Waals surface area contributed by atoms with Crippen LogP contribution in [0.1, 0.15) is 30.5 Å². The van der Waals surface area contributed by atoms with Gasteiger partial charge >= 0.3 is 0 Å². The zero-order chi connectivity index (χ0) is 30.2. The molecule has 0 saturated carbocycles. The van der Waals surface area contributed by atoms with E-state index in [1.54, 1.807) is 37.4 Å². The molecule has 0 aliphatic carbocycles. The maximum Gasteiger partial charge on any atom is 0.244 e. The van der Waals surface area contributed by atoms with Gasteiger partial charge in [-0.25, -0.2) is 8.42 Å². The molecule has 220 valence electrons. The minimum atomic E-state index is -3.84. The highest BCUT2D eigenvalue weighted by Gasteiger charge is 2.33. The van der Waals surface area contributed by atoms with Gasteiger partial charge in [0.2, 0.25) is 21.8 Å². The van der Waals surface area contributed by atoms with Crippen LogP contribution in [-0.4, -0.2) is 57.6 Å². The number of benzene rings is 3. The maximum atomic E-state index is 14.2. The normalized spacial score (nSPS) is 12.1. The molecule has 0 heterocycles. The van der Waals surface area contributed by atoms with Crippen molar-refractivity contribution in [1.29, 1.82) is 0 Å². The van der Waals surface area contributed by atoms with Gasteiger partial charge in [-0.2, -0.15) is 0 Å². The van der Waals surface area contributed by atoms with Gasteiger partial charge in [0.05, 0.1) is 19.1 Å². The first-order chi connectivity index (χ1) is 19.4. The number of amides is 2. The molecule has 10 heteroatoms. The van der Waals surface area contributed by atoms with Gasteiger partial charge in [-0.05, 0) is 59.9 Å². The molecule has 1 atom stereocenters. The molecule has 8 nitrogen and oxygen atoms in total. The van der Waals surface area contributed by atoms with Crippen LogP contribution in [0.25, 0.3) is 0 Å². The Hall–Kier alpha value is -3.37. The van der Waals surface area contributed by atoms with Crippen molar-refractivity contribution in [2.45, 2.75) is 39.8 Å². The van der Waals surface area contributed by atoms with Gasteiger partial charge in [-0.3, -0.25) is 13.9 Å². The average Bonchev–Trinajstić information content (AvgIpc) is 2.93. The van der Waals surface area contributed by atoms with Crippen molar-refractivity contribution in [1.82, 2.24) is 10.2 Å². The number of rotatable bonds is 13. The molecule has 0 aromatic heterocycles.